The van der Waals surface area contributed by atoms with E-state index in [9.17, 15) is 19.5 Å². The average molecular weight is 294 g/mol. The molecule has 0 atom stereocenters. The number of nitrogens with one attached hydrogen (secondary N) is 1. The van der Waals surface area contributed by atoms with E-state index in [-0.39, 0.29) is 41.2 Å². The standard InChI is InChI=1S/C12H14N4O5/c1-6-8-9(15-21-6)11(18)16(14-10(8)12(19)20)5-3-4-7(17)13-2/h3-5H2,1-2H3,(H,13,17)(H,19,20). The molecule has 2 N–H and O–H groups in total. The molecule has 2 aromatic rings. The van der Waals surface area contributed by atoms with Gasteiger partial charge in [-0.3, -0.25) is 9.59 Å². The summed E-state index contributed by atoms with van der Waals surface area (Å²) in [5.74, 6) is -1.21. The molecule has 0 saturated heterocycles. The Bertz CT molecular complexity index is 761. The van der Waals surface area contributed by atoms with Crippen LogP contribution in [0.1, 0.15) is 29.1 Å². The molecule has 2 rings (SSSR count). The highest BCUT2D eigenvalue weighted by atomic mass is 16.5. The number of rotatable bonds is 5. The van der Waals surface area contributed by atoms with Gasteiger partial charge >= 0.3 is 5.97 Å². The Kier molecular flexibility index (Phi) is 4.01. The van der Waals surface area contributed by atoms with Gasteiger partial charge in [-0.2, -0.15) is 5.10 Å². The van der Waals surface area contributed by atoms with Crippen LogP contribution in [0.25, 0.3) is 10.9 Å². The highest BCUT2D eigenvalue weighted by Gasteiger charge is 2.21. The SMILES string of the molecule is CNC(=O)CCCn1nc(C(=O)O)c2c(C)onc2c1=O. The monoisotopic (exact) mass is 294 g/mol. The predicted octanol–water partition coefficient (Wildman–Crippen LogP) is -0.0827. The van der Waals surface area contributed by atoms with Crippen molar-refractivity contribution in [3.63, 3.8) is 0 Å². The second kappa shape index (κ2) is 5.73. The maximum absolute atomic E-state index is 12.1. The normalized spacial score (nSPS) is 10.8. The number of hydrogen-bond acceptors (Lipinski definition) is 6. The number of carbonyl (C=O) groups excluding carboxylic acids is 1. The van der Waals surface area contributed by atoms with E-state index in [4.69, 9.17) is 4.52 Å². The largest absolute Gasteiger partial charge is 0.476 e. The highest BCUT2D eigenvalue weighted by Crippen LogP contribution is 2.17. The van der Waals surface area contributed by atoms with Gasteiger partial charge in [-0.1, -0.05) is 5.16 Å². The van der Waals surface area contributed by atoms with Crippen molar-refractivity contribution >= 4 is 22.8 Å². The molecule has 21 heavy (non-hydrogen) atoms. The first-order chi connectivity index (χ1) is 9.95. The fourth-order valence-electron chi connectivity index (χ4n) is 1.95. The molecule has 0 saturated carbocycles. The Balaban J connectivity index is 2.41. The molecule has 1 amide bonds. The molecule has 0 unspecified atom stereocenters. The van der Waals surface area contributed by atoms with Gasteiger partial charge in [0.2, 0.25) is 5.91 Å². The summed E-state index contributed by atoms with van der Waals surface area (Å²) in [6.07, 6.45) is 0.566. The predicted molar refractivity (Wildman–Crippen MR) is 71.1 cm³/mol. The lowest BCUT2D eigenvalue weighted by atomic mass is 10.2. The second-order valence-electron chi connectivity index (χ2n) is 4.42. The number of amides is 1. The second-order valence-corrected chi connectivity index (χ2v) is 4.42. The van der Waals surface area contributed by atoms with E-state index in [1.807, 2.05) is 0 Å². The fourth-order valence-corrected chi connectivity index (χ4v) is 1.95. The molecule has 0 spiro atoms. The van der Waals surface area contributed by atoms with Crippen molar-refractivity contribution in [1.29, 1.82) is 0 Å². The van der Waals surface area contributed by atoms with Crippen LogP contribution in [0.15, 0.2) is 9.32 Å². The topological polar surface area (TPSA) is 127 Å². The minimum absolute atomic E-state index is 0.0696. The summed E-state index contributed by atoms with van der Waals surface area (Å²) in [7, 11) is 1.51. The van der Waals surface area contributed by atoms with E-state index in [1.165, 1.54) is 14.0 Å². The number of carboxylic acid groups (broad SMARTS) is 1. The van der Waals surface area contributed by atoms with Crippen LogP contribution in [0.5, 0.6) is 0 Å². The molecule has 9 nitrogen and oxygen atoms in total. The number of fused-ring (bicyclic) bond motifs is 1. The lowest BCUT2D eigenvalue weighted by molar-refractivity contribution is -0.120. The van der Waals surface area contributed by atoms with Gasteiger partial charge in [-0.15, -0.1) is 0 Å². The van der Waals surface area contributed by atoms with E-state index in [2.05, 4.69) is 15.6 Å². The Morgan fingerprint density at radius 1 is 1.43 bits per heavy atom. The summed E-state index contributed by atoms with van der Waals surface area (Å²) in [6, 6.07) is 0. The van der Waals surface area contributed by atoms with Gasteiger partial charge in [0.05, 0.1) is 5.39 Å². The van der Waals surface area contributed by atoms with Crippen molar-refractivity contribution in [3.8, 4) is 0 Å². The number of carbonyl (C=O) groups is 2. The van der Waals surface area contributed by atoms with Crippen LogP contribution in [0.2, 0.25) is 0 Å². The van der Waals surface area contributed by atoms with Gasteiger partial charge in [-0.25, -0.2) is 9.48 Å². The summed E-state index contributed by atoms with van der Waals surface area (Å²) in [6.45, 7) is 1.63. The minimum Gasteiger partial charge on any atom is -0.476 e. The molecule has 2 aromatic heterocycles. The first-order valence-electron chi connectivity index (χ1n) is 6.26. The fraction of sp³-hybridized carbons (Fsp3) is 0.417. The third kappa shape index (κ3) is 2.76. The zero-order chi connectivity index (χ0) is 15.6. The van der Waals surface area contributed by atoms with Gasteiger partial charge in [0, 0.05) is 20.0 Å². The Morgan fingerprint density at radius 2 is 2.14 bits per heavy atom. The molecule has 2 heterocycles. The highest BCUT2D eigenvalue weighted by molar-refractivity contribution is 6.00. The summed E-state index contributed by atoms with van der Waals surface area (Å²) in [5, 5.41) is 19.2. The van der Waals surface area contributed by atoms with Gasteiger partial charge in [0.15, 0.2) is 11.2 Å². The third-order valence-electron chi connectivity index (χ3n) is 3.01. The Morgan fingerprint density at radius 3 is 2.76 bits per heavy atom. The molecular weight excluding hydrogens is 280 g/mol. The maximum Gasteiger partial charge on any atom is 0.357 e. The van der Waals surface area contributed by atoms with Crippen LogP contribution in [-0.4, -0.2) is 39.0 Å². The zero-order valence-corrected chi connectivity index (χ0v) is 11.5. The van der Waals surface area contributed by atoms with Crippen molar-refractivity contribution in [3.05, 3.63) is 21.8 Å². The summed E-state index contributed by atoms with van der Waals surface area (Å²) in [4.78, 5) is 34.5. The van der Waals surface area contributed by atoms with Gasteiger partial charge < -0.3 is 14.9 Å². The van der Waals surface area contributed by atoms with E-state index in [1.54, 1.807) is 0 Å². The maximum atomic E-state index is 12.1. The number of hydrogen-bond donors (Lipinski definition) is 2. The molecular formula is C12H14N4O5. The Hall–Kier alpha value is -2.71. The van der Waals surface area contributed by atoms with Crippen molar-refractivity contribution in [2.45, 2.75) is 26.3 Å². The van der Waals surface area contributed by atoms with E-state index >= 15 is 0 Å². The van der Waals surface area contributed by atoms with Gasteiger partial charge in [0.25, 0.3) is 5.56 Å². The van der Waals surface area contributed by atoms with Gasteiger partial charge in [-0.05, 0) is 13.3 Å². The number of nitrogens with zero attached hydrogens (tertiary/aromatic N) is 3. The lowest BCUT2D eigenvalue weighted by Crippen LogP contribution is -2.27. The molecule has 0 fully saturated rings. The molecule has 0 aliphatic rings. The molecule has 0 aromatic carbocycles. The zero-order valence-electron chi connectivity index (χ0n) is 11.5. The van der Waals surface area contributed by atoms with Crippen LogP contribution >= 0.6 is 0 Å². The van der Waals surface area contributed by atoms with Crippen LogP contribution in [0.3, 0.4) is 0 Å². The first-order valence-corrected chi connectivity index (χ1v) is 6.26. The smallest absolute Gasteiger partial charge is 0.357 e. The quantitative estimate of drug-likeness (QED) is 0.789. The number of aromatic nitrogens is 3. The number of aromatic carboxylic acids is 1. The first kappa shape index (κ1) is 14.7. The average Bonchev–Trinajstić information content (AvgIpc) is 2.83. The summed E-state index contributed by atoms with van der Waals surface area (Å²) < 4.78 is 5.87. The number of carboxylic acids is 1. The molecule has 0 radical (unpaired) electrons. The summed E-state index contributed by atoms with van der Waals surface area (Å²) in [5.41, 5.74) is -0.896. The minimum atomic E-state index is -1.27. The Labute approximate surface area is 118 Å². The van der Waals surface area contributed by atoms with Crippen molar-refractivity contribution in [1.82, 2.24) is 20.3 Å². The third-order valence-corrected chi connectivity index (χ3v) is 3.01. The molecule has 9 heteroatoms. The van der Waals surface area contributed by atoms with Crippen LogP contribution in [-0.2, 0) is 11.3 Å². The van der Waals surface area contributed by atoms with Crippen molar-refractivity contribution in [2.75, 3.05) is 7.05 Å². The van der Waals surface area contributed by atoms with E-state index in [0.717, 1.165) is 4.68 Å². The number of aryl methyl sites for hydroxylation is 2. The van der Waals surface area contributed by atoms with Crippen molar-refractivity contribution in [2.24, 2.45) is 0 Å². The molecule has 0 bridgehead atoms. The van der Waals surface area contributed by atoms with Gasteiger partial charge in [0.1, 0.15) is 5.76 Å². The molecule has 112 valence electrons. The summed E-state index contributed by atoms with van der Waals surface area (Å²) >= 11 is 0. The lowest BCUT2D eigenvalue weighted by Gasteiger charge is -2.05. The van der Waals surface area contributed by atoms with Crippen LogP contribution in [0, 0.1) is 6.92 Å². The van der Waals surface area contributed by atoms with E-state index < -0.39 is 11.5 Å². The molecule has 0 aliphatic carbocycles. The van der Waals surface area contributed by atoms with E-state index in [0.29, 0.717) is 6.42 Å². The van der Waals surface area contributed by atoms with Crippen molar-refractivity contribution < 1.29 is 19.2 Å². The van der Waals surface area contributed by atoms with Crippen LogP contribution < -0.4 is 10.9 Å². The van der Waals surface area contributed by atoms with Crippen LogP contribution in [0.4, 0.5) is 0 Å². The molecule has 0 aliphatic heterocycles.